The topological polar surface area (TPSA) is 55.1 Å². The predicted molar refractivity (Wildman–Crippen MR) is 75.7 cm³/mol. The number of aryl methyl sites for hydroxylation is 1. The Balaban J connectivity index is 1.83. The molecule has 1 aromatic heterocycles. The molecule has 0 amide bonds. The number of rotatable bonds is 4. The first-order chi connectivity index (χ1) is 9.72. The number of hydrogen-bond donors (Lipinski definition) is 1. The first-order valence-electron chi connectivity index (χ1n) is 7.01. The van der Waals surface area contributed by atoms with Gasteiger partial charge in [-0.2, -0.15) is 0 Å². The number of imidazole rings is 1. The highest BCUT2D eigenvalue weighted by Gasteiger charge is 2.22. The summed E-state index contributed by atoms with van der Waals surface area (Å²) in [6.45, 7) is 0.816. The monoisotopic (exact) mass is 270 g/mol. The minimum atomic E-state index is -0.703. The van der Waals surface area contributed by atoms with Crippen LogP contribution in [0.25, 0.3) is 0 Å². The Labute approximate surface area is 118 Å². The Morgan fingerprint density at radius 3 is 3.10 bits per heavy atom. The Hall–Kier alpha value is -2.10. The van der Waals surface area contributed by atoms with Gasteiger partial charge < -0.3 is 9.67 Å². The third-order valence-electron chi connectivity index (χ3n) is 3.99. The number of nitrogens with zero attached hydrogens (tertiary/aromatic N) is 2. The number of aromatic nitrogens is 2. The zero-order valence-corrected chi connectivity index (χ0v) is 11.3. The maximum Gasteiger partial charge on any atom is 0.303 e. The normalized spacial score (nSPS) is 17.7. The highest BCUT2D eigenvalue weighted by atomic mass is 16.4. The summed E-state index contributed by atoms with van der Waals surface area (Å²) in [4.78, 5) is 15.0. The molecule has 1 unspecified atom stereocenters. The predicted octanol–water partition coefficient (Wildman–Crippen LogP) is 2.83. The van der Waals surface area contributed by atoms with Gasteiger partial charge in [0.05, 0.1) is 12.7 Å². The van der Waals surface area contributed by atoms with E-state index in [0.29, 0.717) is 0 Å². The van der Waals surface area contributed by atoms with Gasteiger partial charge in [0.1, 0.15) is 0 Å². The summed E-state index contributed by atoms with van der Waals surface area (Å²) in [5, 5.41) is 9.01. The molecule has 0 saturated heterocycles. The molecular formula is C16H18N2O2. The number of hydrogen-bond acceptors (Lipinski definition) is 2. The van der Waals surface area contributed by atoms with E-state index in [9.17, 15) is 4.79 Å². The number of fused-ring (bicyclic) bond motifs is 1. The van der Waals surface area contributed by atoms with Crippen LogP contribution in [-0.2, 0) is 17.8 Å². The molecule has 0 saturated carbocycles. The lowest BCUT2D eigenvalue weighted by molar-refractivity contribution is -0.137. The highest BCUT2D eigenvalue weighted by molar-refractivity contribution is 5.68. The second-order valence-corrected chi connectivity index (χ2v) is 5.46. The Morgan fingerprint density at radius 1 is 1.45 bits per heavy atom. The quantitative estimate of drug-likeness (QED) is 0.929. The standard InChI is InChI=1S/C16H18N2O2/c19-16(20)9-14-3-1-2-13-8-12(4-5-15(13)14)10-18-7-6-17-11-18/h4-8,11,14H,1-3,9-10H2,(H,19,20). The van der Waals surface area contributed by atoms with Crippen LogP contribution in [0, 0.1) is 0 Å². The molecule has 0 bridgehead atoms. The van der Waals surface area contributed by atoms with Gasteiger partial charge in [0, 0.05) is 18.9 Å². The lowest BCUT2D eigenvalue weighted by Crippen LogP contribution is -2.14. The smallest absolute Gasteiger partial charge is 0.303 e. The van der Waals surface area contributed by atoms with Crippen molar-refractivity contribution >= 4 is 5.97 Å². The molecule has 0 aliphatic heterocycles. The van der Waals surface area contributed by atoms with Crippen LogP contribution >= 0.6 is 0 Å². The maximum atomic E-state index is 10.9. The van der Waals surface area contributed by atoms with Gasteiger partial charge in [-0.25, -0.2) is 4.98 Å². The van der Waals surface area contributed by atoms with Crippen molar-refractivity contribution in [2.75, 3.05) is 0 Å². The van der Waals surface area contributed by atoms with Gasteiger partial charge in [-0.1, -0.05) is 18.2 Å². The lowest BCUT2D eigenvalue weighted by Gasteiger charge is -2.25. The van der Waals surface area contributed by atoms with Crippen LogP contribution in [-0.4, -0.2) is 20.6 Å². The summed E-state index contributed by atoms with van der Waals surface area (Å²) in [6, 6.07) is 6.46. The van der Waals surface area contributed by atoms with Crippen LogP contribution in [0.1, 0.15) is 41.9 Å². The van der Waals surface area contributed by atoms with Crippen molar-refractivity contribution in [2.45, 2.75) is 38.1 Å². The fraction of sp³-hybridized carbons (Fsp3) is 0.375. The van der Waals surface area contributed by atoms with Crippen LogP contribution in [0.3, 0.4) is 0 Å². The Bertz CT molecular complexity index is 605. The molecule has 4 heteroatoms. The molecule has 4 nitrogen and oxygen atoms in total. The third kappa shape index (κ3) is 2.74. The van der Waals surface area contributed by atoms with Crippen molar-refractivity contribution in [1.82, 2.24) is 9.55 Å². The molecule has 0 spiro atoms. The molecule has 0 radical (unpaired) electrons. The van der Waals surface area contributed by atoms with Crippen LogP contribution in [0.2, 0.25) is 0 Å². The largest absolute Gasteiger partial charge is 0.481 e. The number of carboxylic acids is 1. The van der Waals surface area contributed by atoms with Crippen molar-refractivity contribution in [3.63, 3.8) is 0 Å². The van der Waals surface area contributed by atoms with Crippen molar-refractivity contribution in [3.05, 3.63) is 53.6 Å². The summed E-state index contributed by atoms with van der Waals surface area (Å²) in [6.07, 6.45) is 8.91. The highest BCUT2D eigenvalue weighted by Crippen LogP contribution is 2.34. The number of benzene rings is 1. The molecule has 1 N–H and O–H groups in total. The maximum absolute atomic E-state index is 10.9. The van der Waals surface area contributed by atoms with Gasteiger partial charge in [0.2, 0.25) is 0 Å². The van der Waals surface area contributed by atoms with E-state index >= 15 is 0 Å². The zero-order valence-electron chi connectivity index (χ0n) is 11.3. The number of carbonyl (C=O) groups is 1. The summed E-state index contributed by atoms with van der Waals surface area (Å²) in [5.74, 6) is -0.524. The third-order valence-corrected chi connectivity index (χ3v) is 3.99. The van der Waals surface area contributed by atoms with Crippen LogP contribution in [0.4, 0.5) is 0 Å². The van der Waals surface area contributed by atoms with Crippen molar-refractivity contribution < 1.29 is 9.90 Å². The first kappa shape index (κ1) is 12.9. The summed E-state index contributed by atoms with van der Waals surface area (Å²) in [7, 11) is 0. The summed E-state index contributed by atoms with van der Waals surface area (Å²) < 4.78 is 2.04. The average Bonchev–Trinajstić information content (AvgIpc) is 2.91. The Morgan fingerprint density at radius 2 is 2.35 bits per heavy atom. The molecule has 20 heavy (non-hydrogen) atoms. The van der Waals surface area contributed by atoms with E-state index in [1.165, 1.54) is 16.7 Å². The van der Waals surface area contributed by atoms with Gasteiger partial charge in [0.15, 0.2) is 0 Å². The van der Waals surface area contributed by atoms with E-state index in [1.54, 1.807) is 6.20 Å². The van der Waals surface area contributed by atoms with Gasteiger partial charge >= 0.3 is 5.97 Å². The van der Waals surface area contributed by atoms with E-state index in [2.05, 4.69) is 23.2 Å². The van der Waals surface area contributed by atoms with Gasteiger partial charge in [-0.05, 0) is 41.9 Å². The molecule has 104 valence electrons. The summed E-state index contributed by atoms with van der Waals surface area (Å²) in [5.41, 5.74) is 3.80. The molecule has 1 aromatic carbocycles. The molecule has 1 heterocycles. The molecule has 1 aliphatic rings. The molecule has 2 aromatic rings. The SMILES string of the molecule is O=C(O)CC1CCCc2cc(Cn3ccnc3)ccc21. The van der Waals surface area contributed by atoms with Gasteiger partial charge in [0.25, 0.3) is 0 Å². The van der Waals surface area contributed by atoms with E-state index in [0.717, 1.165) is 25.8 Å². The van der Waals surface area contributed by atoms with Crippen molar-refractivity contribution in [3.8, 4) is 0 Å². The lowest BCUT2D eigenvalue weighted by atomic mass is 9.80. The average molecular weight is 270 g/mol. The second-order valence-electron chi connectivity index (χ2n) is 5.46. The van der Waals surface area contributed by atoms with E-state index < -0.39 is 5.97 Å². The van der Waals surface area contributed by atoms with Crippen LogP contribution < -0.4 is 0 Å². The zero-order chi connectivity index (χ0) is 13.9. The van der Waals surface area contributed by atoms with Crippen molar-refractivity contribution in [1.29, 1.82) is 0 Å². The van der Waals surface area contributed by atoms with E-state index in [1.807, 2.05) is 17.1 Å². The minimum absolute atomic E-state index is 0.179. The molecule has 3 rings (SSSR count). The minimum Gasteiger partial charge on any atom is -0.481 e. The van der Waals surface area contributed by atoms with Gasteiger partial charge in [-0.15, -0.1) is 0 Å². The summed E-state index contributed by atoms with van der Waals surface area (Å²) >= 11 is 0. The fourth-order valence-electron chi connectivity index (χ4n) is 3.08. The van der Waals surface area contributed by atoms with E-state index in [4.69, 9.17) is 5.11 Å². The Kier molecular flexibility index (Phi) is 3.54. The molecule has 0 fully saturated rings. The molecule has 1 aliphatic carbocycles. The number of carboxylic acid groups (broad SMARTS) is 1. The molecular weight excluding hydrogens is 252 g/mol. The molecule has 1 atom stereocenters. The van der Waals surface area contributed by atoms with Gasteiger partial charge in [-0.3, -0.25) is 4.79 Å². The van der Waals surface area contributed by atoms with Crippen LogP contribution in [0.15, 0.2) is 36.9 Å². The van der Waals surface area contributed by atoms with Crippen LogP contribution in [0.5, 0.6) is 0 Å². The van der Waals surface area contributed by atoms with E-state index in [-0.39, 0.29) is 12.3 Å². The van der Waals surface area contributed by atoms with Crippen molar-refractivity contribution in [2.24, 2.45) is 0 Å². The number of aliphatic carboxylic acids is 1. The second kappa shape index (κ2) is 5.49. The first-order valence-corrected chi connectivity index (χ1v) is 7.01. The fourth-order valence-corrected chi connectivity index (χ4v) is 3.08.